The zero-order valence-corrected chi connectivity index (χ0v) is 14.1. The van der Waals surface area contributed by atoms with E-state index in [9.17, 15) is 26.7 Å². The van der Waals surface area contributed by atoms with E-state index in [2.05, 4.69) is 0 Å². The van der Waals surface area contributed by atoms with Crippen molar-refractivity contribution in [1.82, 2.24) is 4.31 Å². The van der Waals surface area contributed by atoms with Crippen LogP contribution in [-0.4, -0.2) is 49.2 Å². The molecule has 0 aliphatic carbocycles. The third kappa shape index (κ3) is 2.51. The summed E-state index contributed by atoms with van der Waals surface area (Å²) in [7, 11) is -4.05. The van der Waals surface area contributed by atoms with Crippen LogP contribution in [0, 0.1) is 11.8 Å². The predicted molar refractivity (Wildman–Crippen MR) is 81.1 cm³/mol. The van der Waals surface area contributed by atoms with Gasteiger partial charge in [0.15, 0.2) is 0 Å². The number of benzene rings is 1. The summed E-state index contributed by atoms with van der Waals surface area (Å²) in [4.78, 5) is -0.367. The van der Waals surface area contributed by atoms with Crippen molar-refractivity contribution in [2.45, 2.75) is 35.6 Å². The molecule has 1 N–H and O–H groups in total. The van der Waals surface area contributed by atoms with E-state index in [1.807, 2.05) is 0 Å². The molecule has 9 heteroatoms. The monoisotopic (exact) mass is 377 g/mol. The lowest BCUT2D eigenvalue weighted by Gasteiger charge is -2.27. The number of alkyl halides is 3. The first-order valence-corrected chi connectivity index (χ1v) is 9.57. The Kier molecular flexibility index (Phi) is 3.74. The molecule has 4 atom stereocenters. The molecule has 3 saturated heterocycles. The van der Waals surface area contributed by atoms with Crippen LogP contribution in [-0.2, 0) is 20.9 Å². The van der Waals surface area contributed by atoms with Crippen LogP contribution < -0.4 is 0 Å². The highest BCUT2D eigenvalue weighted by atomic mass is 32.2. The van der Waals surface area contributed by atoms with E-state index < -0.39 is 27.4 Å². The zero-order chi connectivity index (χ0) is 18.0. The van der Waals surface area contributed by atoms with Crippen LogP contribution in [0.3, 0.4) is 0 Å². The summed E-state index contributed by atoms with van der Waals surface area (Å²) < 4.78 is 71.5. The highest BCUT2D eigenvalue weighted by Crippen LogP contribution is 2.55. The molecule has 1 spiro atoms. The van der Waals surface area contributed by atoms with Crippen LogP contribution in [0.15, 0.2) is 29.2 Å². The van der Waals surface area contributed by atoms with Crippen LogP contribution in [0.25, 0.3) is 0 Å². The second kappa shape index (κ2) is 5.42. The summed E-state index contributed by atoms with van der Waals surface area (Å²) in [5, 5.41) is 9.59. The standard InChI is InChI=1S/C16H18F3NO4S/c17-16(18,19)10-2-1-3-11(6-10)25(22,23)20-7-13-12(8-21)14-4-5-15(13,9-20)24-14/h1-3,6,12-14,21H,4-5,7-9H2/t12-,13+,14+,15+/m0/s1. The Balaban J connectivity index is 1.65. The molecule has 138 valence electrons. The Morgan fingerprint density at radius 1 is 1.36 bits per heavy atom. The van der Waals surface area contributed by atoms with Gasteiger partial charge < -0.3 is 9.84 Å². The maximum absolute atomic E-state index is 12.9. The van der Waals surface area contributed by atoms with Gasteiger partial charge in [0.2, 0.25) is 10.0 Å². The molecule has 0 radical (unpaired) electrons. The van der Waals surface area contributed by atoms with Gasteiger partial charge in [-0.3, -0.25) is 0 Å². The Bertz CT molecular complexity index is 797. The van der Waals surface area contributed by atoms with Gasteiger partial charge in [0.1, 0.15) is 0 Å². The van der Waals surface area contributed by atoms with Gasteiger partial charge in [-0.25, -0.2) is 8.42 Å². The summed E-state index contributed by atoms with van der Waals surface area (Å²) in [6.45, 7) is 0.220. The van der Waals surface area contributed by atoms with Gasteiger partial charge in [0.25, 0.3) is 0 Å². The number of nitrogens with zero attached hydrogens (tertiary/aromatic N) is 1. The fourth-order valence-electron chi connectivity index (χ4n) is 4.56. The van der Waals surface area contributed by atoms with Gasteiger partial charge in [0.05, 0.1) is 22.2 Å². The molecule has 0 saturated carbocycles. The van der Waals surface area contributed by atoms with Crippen LogP contribution in [0.4, 0.5) is 13.2 Å². The first kappa shape index (κ1) is 17.3. The number of aliphatic hydroxyl groups is 1. The predicted octanol–water partition coefficient (Wildman–Crippen LogP) is 1.87. The lowest BCUT2D eigenvalue weighted by atomic mass is 9.74. The van der Waals surface area contributed by atoms with Crippen molar-refractivity contribution < 1.29 is 31.4 Å². The third-order valence-electron chi connectivity index (χ3n) is 5.76. The minimum atomic E-state index is -4.60. The molecule has 0 amide bonds. The normalized spacial score (nSPS) is 35.3. The second-order valence-electron chi connectivity index (χ2n) is 7.04. The number of rotatable bonds is 3. The lowest BCUT2D eigenvalue weighted by molar-refractivity contribution is -0.137. The van der Waals surface area contributed by atoms with E-state index in [1.54, 1.807) is 0 Å². The molecular formula is C16H18F3NO4S. The van der Waals surface area contributed by atoms with Crippen LogP contribution in [0.5, 0.6) is 0 Å². The SMILES string of the molecule is O=S(=O)(c1cccc(C(F)(F)F)c1)N1C[C@@H]2[C@H](CO)[C@H]3CC[C@]2(C1)O3. The van der Waals surface area contributed by atoms with E-state index in [1.165, 1.54) is 10.4 Å². The quantitative estimate of drug-likeness (QED) is 0.873. The molecule has 0 unspecified atom stereocenters. The highest BCUT2D eigenvalue weighted by molar-refractivity contribution is 7.89. The fourth-order valence-corrected chi connectivity index (χ4v) is 6.13. The van der Waals surface area contributed by atoms with E-state index >= 15 is 0 Å². The summed E-state index contributed by atoms with van der Waals surface area (Å²) >= 11 is 0. The average molecular weight is 377 g/mol. The van der Waals surface area contributed by atoms with Crippen LogP contribution in [0.1, 0.15) is 18.4 Å². The molecule has 0 aromatic heterocycles. The van der Waals surface area contributed by atoms with Gasteiger partial charge >= 0.3 is 6.18 Å². The summed E-state index contributed by atoms with van der Waals surface area (Å²) in [6, 6.07) is 3.80. The number of ether oxygens (including phenoxy) is 1. The minimum Gasteiger partial charge on any atom is -0.396 e. The third-order valence-corrected chi connectivity index (χ3v) is 7.57. The zero-order valence-electron chi connectivity index (χ0n) is 13.2. The van der Waals surface area contributed by atoms with Gasteiger partial charge in [-0.2, -0.15) is 17.5 Å². The largest absolute Gasteiger partial charge is 0.416 e. The Hall–Kier alpha value is -1.16. The molecular weight excluding hydrogens is 359 g/mol. The molecule has 3 aliphatic heterocycles. The van der Waals surface area contributed by atoms with Crippen LogP contribution in [0.2, 0.25) is 0 Å². The molecule has 4 rings (SSSR count). The van der Waals surface area contributed by atoms with Crippen molar-refractivity contribution >= 4 is 10.0 Å². The van der Waals surface area contributed by atoms with Gasteiger partial charge in [-0.1, -0.05) is 6.07 Å². The van der Waals surface area contributed by atoms with Crippen molar-refractivity contribution in [3.05, 3.63) is 29.8 Å². The number of hydrogen-bond donors (Lipinski definition) is 1. The number of aliphatic hydroxyl groups excluding tert-OH is 1. The molecule has 2 bridgehead atoms. The molecule has 25 heavy (non-hydrogen) atoms. The minimum absolute atomic E-state index is 0.0478. The van der Waals surface area contributed by atoms with E-state index in [0.29, 0.717) is 12.5 Å². The Morgan fingerprint density at radius 2 is 2.12 bits per heavy atom. The molecule has 3 heterocycles. The van der Waals surface area contributed by atoms with Crippen molar-refractivity contribution in [2.75, 3.05) is 19.7 Å². The lowest BCUT2D eigenvalue weighted by Crippen LogP contribution is -2.38. The topological polar surface area (TPSA) is 66.8 Å². The average Bonchev–Trinajstić information content (AvgIpc) is 3.21. The summed E-state index contributed by atoms with van der Waals surface area (Å²) in [6.07, 6.45) is -3.16. The number of sulfonamides is 1. The van der Waals surface area contributed by atoms with Crippen molar-refractivity contribution in [3.63, 3.8) is 0 Å². The van der Waals surface area contributed by atoms with Crippen LogP contribution >= 0.6 is 0 Å². The maximum Gasteiger partial charge on any atom is 0.416 e. The fraction of sp³-hybridized carbons (Fsp3) is 0.625. The number of halogens is 3. The van der Waals surface area contributed by atoms with Crippen molar-refractivity contribution in [2.24, 2.45) is 11.8 Å². The van der Waals surface area contributed by atoms with Gasteiger partial charge in [-0.05, 0) is 31.0 Å². The first-order chi connectivity index (χ1) is 11.7. The molecule has 1 aromatic rings. The number of fused-ring (bicyclic) bond motifs is 1. The smallest absolute Gasteiger partial charge is 0.396 e. The number of hydrogen-bond acceptors (Lipinski definition) is 4. The molecule has 3 aliphatic rings. The first-order valence-electron chi connectivity index (χ1n) is 8.13. The summed E-state index contributed by atoms with van der Waals surface area (Å²) in [5.41, 5.74) is -1.59. The Morgan fingerprint density at radius 3 is 2.80 bits per heavy atom. The summed E-state index contributed by atoms with van der Waals surface area (Å²) in [5.74, 6) is -0.229. The van der Waals surface area contributed by atoms with Gasteiger partial charge in [-0.15, -0.1) is 0 Å². The van der Waals surface area contributed by atoms with E-state index in [-0.39, 0.29) is 42.5 Å². The van der Waals surface area contributed by atoms with Crippen molar-refractivity contribution in [1.29, 1.82) is 0 Å². The van der Waals surface area contributed by atoms with Crippen molar-refractivity contribution in [3.8, 4) is 0 Å². The second-order valence-corrected chi connectivity index (χ2v) is 8.97. The highest BCUT2D eigenvalue weighted by Gasteiger charge is 2.64. The molecule has 3 fully saturated rings. The molecule has 5 nitrogen and oxygen atoms in total. The maximum atomic E-state index is 12.9. The molecule has 1 aromatic carbocycles. The van der Waals surface area contributed by atoms with Gasteiger partial charge in [0, 0.05) is 31.5 Å². The van der Waals surface area contributed by atoms with E-state index in [4.69, 9.17) is 4.74 Å². The Labute approximate surface area is 143 Å². The van der Waals surface area contributed by atoms with E-state index in [0.717, 1.165) is 18.6 Å².